The summed E-state index contributed by atoms with van der Waals surface area (Å²) in [6, 6.07) is 12.7. The Morgan fingerprint density at radius 1 is 1.25 bits per heavy atom. The Kier molecular flexibility index (Phi) is 4.50. The first kappa shape index (κ1) is 18.0. The van der Waals surface area contributed by atoms with Crippen LogP contribution in [-0.2, 0) is 0 Å². The third-order valence-electron chi connectivity index (χ3n) is 4.15. The zero-order chi connectivity index (χ0) is 19.8. The lowest BCUT2D eigenvalue weighted by molar-refractivity contribution is -0.323. The lowest BCUT2D eigenvalue weighted by Gasteiger charge is -2.05. The molecular formula is C19H13BrN5O2S+. The Balaban J connectivity index is 1.87. The third-order valence-corrected chi connectivity index (χ3v) is 5.80. The van der Waals surface area contributed by atoms with Crippen molar-refractivity contribution in [2.24, 2.45) is 0 Å². The summed E-state index contributed by atoms with van der Waals surface area (Å²) >= 11 is 4.52. The van der Waals surface area contributed by atoms with Gasteiger partial charge in [0.25, 0.3) is 11.7 Å². The van der Waals surface area contributed by atoms with Crippen LogP contribution >= 0.6 is 27.3 Å². The lowest BCUT2D eigenvalue weighted by atomic mass is 10.0. The molecule has 9 heteroatoms. The monoisotopic (exact) mass is 454 g/mol. The van der Waals surface area contributed by atoms with Crippen LogP contribution < -0.4 is 21.8 Å². The van der Waals surface area contributed by atoms with Crippen molar-refractivity contribution in [2.75, 3.05) is 16.8 Å². The summed E-state index contributed by atoms with van der Waals surface area (Å²) in [4.78, 5) is 16.7. The fourth-order valence-electron chi connectivity index (χ4n) is 2.90. The van der Waals surface area contributed by atoms with Crippen LogP contribution in [0.5, 0.6) is 0 Å². The van der Waals surface area contributed by atoms with Crippen LogP contribution in [0.4, 0.5) is 17.2 Å². The second kappa shape index (κ2) is 6.99. The number of carbonyl (C=O) groups excluding carboxylic acids is 1. The van der Waals surface area contributed by atoms with E-state index in [9.17, 15) is 10.1 Å². The topological polar surface area (TPSA) is 132 Å². The van der Waals surface area contributed by atoms with Gasteiger partial charge in [0.2, 0.25) is 0 Å². The quantitative estimate of drug-likeness (QED) is 0.429. The molecule has 7 nitrogen and oxygen atoms in total. The minimum Gasteiger partial charge on any atom is -0.464 e. The van der Waals surface area contributed by atoms with Crippen molar-refractivity contribution in [1.82, 2.24) is 0 Å². The fraction of sp³-hybridized carbons (Fsp3) is 0. The number of aromatic amines is 1. The standard InChI is InChI=1S/C19H12BrN5O2S/c20-9-3-5-10(6-4-9)24-18(26)16-15(22)14-13(12-2-1-7-27-12)11(8-21)17(23)25-19(14)28-16/h1-7H,22H2,(H2,23,25)(H,24,26)/p+1. The molecule has 0 fully saturated rings. The summed E-state index contributed by atoms with van der Waals surface area (Å²) < 4.78 is 6.39. The van der Waals surface area contributed by atoms with Gasteiger partial charge in [-0.2, -0.15) is 5.26 Å². The number of amides is 1. The maximum atomic E-state index is 12.8. The summed E-state index contributed by atoms with van der Waals surface area (Å²) in [5, 5.41) is 12.9. The van der Waals surface area contributed by atoms with Crippen molar-refractivity contribution < 1.29 is 14.2 Å². The SMILES string of the molecule is N#Cc1c(N)[nH+]c2sc(C(=O)Nc3ccc(Br)cc3)c(N)c2c1-c1ccco1. The second-order valence-electron chi connectivity index (χ2n) is 5.89. The van der Waals surface area contributed by atoms with E-state index in [1.165, 1.54) is 17.6 Å². The summed E-state index contributed by atoms with van der Waals surface area (Å²) in [5.74, 6) is 0.283. The van der Waals surface area contributed by atoms with Crippen LogP contribution in [0.25, 0.3) is 21.5 Å². The van der Waals surface area contributed by atoms with Gasteiger partial charge in [0.1, 0.15) is 16.7 Å². The molecule has 0 unspecified atom stereocenters. The van der Waals surface area contributed by atoms with Gasteiger partial charge in [-0.3, -0.25) is 10.5 Å². The van der Waals surface area contributed by atoms with E-state index >= 15 is 0 Å². The first-order valence-corrected chi connectivity index (χ1v) is 9.68. The molecule has 0 saturated heterocycles. The summed E-state index contributed by atoms with van der Waals surface area (Å²) in [5.41, 5.74) is 13.9. The number of hydrogen-bond donors (Lipinski definition) is 3. The van der Waals surface area contributed by atoms with Crippen LogP contribution in [0.3, 0.4) is 0 Å². The predicted molar refractivity (Wildman–Crippen MR) is 112 cm³/mol. The van der Waals surface area contributed by atoms with Gasteiger partial charge >= 0.3 is 0 Å². The van der Waals surface area contributed by atoms with Crippen molar-refractivity contribution >= 4 is 60.6 Å². The minimum absolute atomic E-state index is 0.183. The van der Waals surface area contributed by atoms with Gasteiger partial charge in [0, 0.05) is 10.2 Å². The van der Waals surface area contributed by atoms with Gasteiger partial charge in [0.15, 0.2) is 10.4 Å². The van der Waals surface area contributed by atoms with Crippen LogP contribution in [0, 0.1) is 11.3 Å². The Labute approximate surface area is 171 Å². The van der Waals surface area contributed by atoms with Gasteiger partial charge < -0.3 is 15.5 Å². The van der Waals surface area contributed by atoms with E-state index in [-0.39, 0.29) is 23.0 Å². The number of aromatic nitrogens is 1. The number of furan rings is 1. The number of halogens is 1. The number of carbonyl (C=O) groups is 1. The largest absolute Gasteiger partial charge is 0.464 e. The molecule has 0 radical (unpaired) electrons. The molecule has 3 heterocycles. The van der Waals surface area contributed by atoms with Crippen LogP contribution in [-0.4, -0.2) is 5.91 Å². The van der Waals surface area contributed by atoms with Gasteiger partial charge in [-0.25, -0.2) is 4.98 Å². The zero-order valence-corrected chi connectivity index (χ0v) is 16.6. The number of nitrogens with two attached hydrogens (primary N) is 2. The summed E-state index contributed by atoms with van der Waals surface area (Å²) in [7, 11) is 0. The number of pyridine rings is 1. The number of anilines is 3. The zero-order valence-electron chi connectivity index (χ0n) is 14.2. The molecular weight excluding hydrogens is 442 g/mol. The van der Waals surface area contributed by atoms with Crippen molar-refractivity contribution in [3.8, 4) is 17.4 Å². The number of nitrogen functional groups attached to an aromatic ring is 2. The molecule has 6 N–H and O–H groups in total. The third kappa shape index (κ3) is 2.98. The number of nitriles is 1. The Morgan fingerprint density at radius 3 is 2.64 bits per heavy atom. The molecule has 0 saturated carbocycles. The molecule has 0 aliphatic heterocycles. The van der Waals surface area contributed by atoms with Crippen molar-refractivity contribution in [1.29, 1.82) is 5.26 Å². The highest BCUT2D eigenvalue weighted by atomic mass is 79.9. The van der Waals surface area contributed by atoms with Gasteiger partial charge in [0.05, 0.1) is 22.9 Å². The van der Waals surface area contributed by atoms with Crippen LogP contribution in [0.1, 0.15) is 15.2 Å². The van der Waals surface area contributed by atoms with Crippen LogP contribution in [0.15, 0.2) is 51.6 Å². The first-order valence-electron chi connectivity index (χ1n) is 8.07. The molecule has 0 bridgehead atoms. The minimum atomic E-state index is -0.350. The van der Waals surface area contributed by atoms with Crippen molar-refractivity contribution in [3.63, 3.8) is 0 Å². The smallest absolute Gasteiger partial charge is 0.290 e. The molecule has 0 aliphatic carbocycles. The Hall–Kier alpha value is -3.35. The molecule has 1 aromatic carbocycles. The van der Waals surface area contributed by atoms with E-state index in [4.69, 9.17) is 15.9 Å². The molecule has 1 amide bonds. The summed E-state index contributed by atoms with van der Waals surface area (Å²) in [6.07, 6.45) is 1.50. The fourth-order valence-corrected chi connectivity index (χ4v) is 4.20. The van der Waals surface area contributed by atoms with Crippen molar-refractivity contribution in [3.05, 3.63) is 57.6 Å². The number of rotatable bonds is 3. The molecule has 4 aromatic rings. The van der Waals surface area contributed by atoms with Gasteiger partial charge in [-0.1, -0.05) is 27.3 Å². The molecule has 138 valence electrons. The van der Waals surface area contributed by atoms with E-state index in [0.29, 0.717) is 32.1 Å². The average Bonchev–Trinajstić information content (AvgIpc) is 3.31. The van der Waals surface area contributed by atoms with Gasteiger partial charge in [-0.15, -0.1) is 0 Å². The predicted octanol–water partition coefficient (Wildman–Crippen LogP) is 4.03. The Bertz CT molecular complexity index is 1240. The number of H-pyrrole nitrogens is 1. The highest BCUT2D eigenvalue weighted by Gasteiger charge is 2.27. The molecule has 0 spiro atoms. The van der Waals surface area contributed by atoms with E-state index in [1.54, 1.807) is 24.3 Å². The van der Waals surface area contributed by atoms with Crippen molar-refractivity contribution in [2.45, 2.75) is 0 Å². The molecule has 28 heavy (non-hydrogen) atoms. The van der Waals surface area contributed by atoms with E-state index in [2.05, 4.69) is 32.3 Å². The normalized spacial score (nSPS) is 10.7. The Morgan fingerprint density at radius 2 is 2.00 bits per heavy atom. The van der Waals surface area contributed by atoms with E-state index in [1.807, 2.05) is 12.1 Å². The molecule has 3 aromatic heterocycles. The summed E-state index contributed by atoms with van der Waals surface area (Å²) in [6.45, 7) is 0. The van der Waals surface area contributed by atoms with E-state index < -0.39 is 0 Å². The van der Waals surface area contributed by atoms with Crippen LogP contribution in [0.2, 0.25) is 0 Å². The molecule has 0 atom stereocenters. The number of nitrogens with one attached hydrogen (secondary N) is 2. The number of thiophene rings is 1. The highest BCUT2D eigenvalue weighted by molar-refractivity contribution is 9.10. The number of hydrogen-bond acceptors (Lipinski definition) is 6. The number of fused-ring (bicyclic) bond motifs is 1. The molecule has 0 aliphatic rings. The van der Waals surface area contributed by atoms with Gasteiger partial charge in [-0.05, 0) is 36.4 Å². The maximum Gasteiger partial charge on any atom is 0.290 e. The van der Waals surface area contributed by atoms with E-state index in [0.717, 1.165) is 4.47 Å². The lowest BCUT2D eigenvalue weighted by Crippen LogP contribution is -2.13. The molecule has 4 rings (SSSR count). The second-order valence-corrected chi connectivity index (χ2v) is 7.82. The first-order chi connectivity index (χ1) is 13.5. The average molecular weight is 455 g/mol. The highest BCUT2D eigenvalue weighted by Crippen LogP contribution is 2.41. The number of benzene rings is 1. The maximum absolute atomic E-state index is 12.8. The number of nitrogens with zero attached hydrogens (tertiary/aromatic N) is 1.